The van der Waals surface area contributed by atoms with Crippen LogP contribution in [0.3, 0.4) is 0 Å². The molecule has 0 saturated carbocycles. The number of aromatic nitrogens is 1. The lowest BCUT2D eigenvalue weighted by Crippen LogP contribution is -2.45. The van der Waals surface area contributed by atoms with Crippen LogP contribution in [0.25, 0.3) is 0 Å². The SMILES string of the molecule is Cc1ccnc(NCCN2CCN(C)CC2)c1C#N. The first-order valence-corrected chi connectivity index (χ1v) is 6.71. The molecule has 19 heavy (non-hydrogen) atoms. The van der Waals surface area contributed by atoms with E-state index in [4.69, 9.17) is 5.26 Å². The predicted molar refractivity (Wildman–Crippen MR) is 76.1 cm³/mol. The Bertz CT molecular complexity index is 457. The lowest BCUT2D eigenvalue weighted by Gasteiger charge is -2.32. The van der Waals surface area contributed by atoms with Gasteiger partial charge >= 0.3 is 0 Å². The first kappa shape index (κ1) is 13.8. The monoisotopic (exact) mass is 259 g/mol. The third-order valence-electron chi connectivity index (χ3n) is 3.59. The van der Waals surface area contributed by atoms with Gasteiger partial charge in [0.05, 0.1) is 5.56 Å². The molecule has 0 bridgehead atoms. The van der Waals surface area contributed by atoms with Crippen LogP contribution in [0.1, 0.15) is 11.1 Å². The van der Waals surface area contributed by atoms with Crippen molar-refractivity contribution in [2.75, 3.05) is 51.6 Å². The molecule has 0 atom stereocenters. The maximum absolute atomic E-state index is 9.13. The maximum Gasteiger partial charge on any atom is 0.144 e. The molecule has 2 rings (SSSR count). The van der Waals surface area contributed by atoms with Crippen molar-refractivity contribution < 1.29 is 0 Å². The number of nitrogens with one attached hydrogen (secondary N) is 1. The average Bonchev–Trinajstić information content (AvgIpc) is 2.41. The van der Waals surface area contributed by atoms with Gasteiger partial charge in [0.25, 0.3) is 0 Å². The van der Waals surface area contributed by atoms with Crippen LogP contribution >= 0.6 is 0 Å². The van der Waals surface area contributed by atoms with E-state index >= 15 is 0 Å². The van der Waals surface area contributed by atoms with Gasteiger partial charge in [0, 0.05) is 45.5 Å². The lowest BCUT2D eigenvalue weighted by atomic mass is 10.1. The molecule has 0 aromatic carbocycles. The zero-order valence-electron chi connectivity index (χ0n) is 11.7. The zero-order valence-corrected chi connectivity index (χ0v) is 11.7. The molecule has 0 unspecified atom stereocenters. The summed E-state index contributed by atoms with van der Waals surface area (Å²) in [5.74, 6) is 0.705. The van der Waals surface area contributed by atoms with Gasteiger partial charge in [-0.2, -0.15) is 5.26 Å². The van der Waals surface area contributed by atoms with Crippen molar-refractivity contribution >= 4 is 5.82 Å². The van der Waals surface area contributed by atoms with Gasteiger partial charge in [-0.3, -0.25) is 4.90 Å². The summed E-state index contributed by atoms with van der Waals surface area (Å²) in [6.45, 7) is 8.25. The van der Waals surface area contributed by atoms with Crippen molar-refractivity contribution in [2.24, 2.45) is 0 Å². The van der Waals surface area contributed by atoms with Gasteiger partial charge in [-0.15, -0.1) is 0 Å². The van der Waals surface area contributed by atoms with Crippen molar-refractivity contribution in [2.45, 2.75) is 6.92 Å². The van der Waals surface area contributed by atoms with Gasteiger partial charge in [0.2, 0.25) is 0 Å². The van der Waals surface area contributed by atoms with Crippen LogP contribution in [0.15, 0.2) is 12.3 Å². The summed E-state index contributed by atoms with van der Waals surface area (Å²) in [5, 5.41) is 12.4. The molecular formula is C14H21N5. The summed E-state index contributed by atoms with van der Waals surface area (Å²) >= 11 is 0. The average molecular weight is 259 g/mol. The van der Waals surface area contributed by atoms with Gasteiger partial charge in [-0.25, -0.2) is 4.98 Å². The van der Waals surface area contributed by atoms with E-state index in [0.717, 1.165) is 44.8 Å². The Morgan fingerprint density at radius 3 is 2.79 bits per heavy atom. The van der Waals surface area contributed by atoms with Gasteiger partial charge in [-0.05, 0) is 25.6 Å². The molecule has 2 heterocycles. The number of pyridine rings is 1. The summed E-state index contributed by atoms with van der Waals surface area (Å²) in [7, 11) is 2.16. The fourth-order valence-corrected chi connectivity index (χ4v) is 2.24. The molecule has 1 saturated heterocycles. The van der Waals surface area contributed by atoms with Crippen LogP contribution in [-0.2, 0) is 0 Å². The minimum Gasteiger partial charge on any atom is -0.368 e. The van der Waals surface area contributed by atoms with E-state index in [0.29, 0.717) is 11.4 Å². The van der Waals surface area contributed by atoms with Gasteiger partial charge in [0.15, 0.2) is 0 Å². The highest BCUT2D eigenvalue weighted by Crippen LogP contribution is 2.14. The summed E-state index contributed by atoms with van der Waals surface area (Å²) in [6, 6.07) is 4.08. The van der Waals surface area contributed by atoms with Crippen molar-refractivity contribution in [3.8, 4) is 6.07 Å². The smallest absolute Gasteiger partial charge is 0.144 e. The second-order valence-electron chi connectivity index (χ2n) is 5.03. The molecule has 0 aliphatic carbocycles. The van der Waals surface area contributed by atoms with E-state index < -0.39 is 0 Å². The van der Waals surface area contributed by atoms with Crippen molar-refractivity contribution in [1.29, 1.82) is 5.26 Å². The highest BCUT2D eigenvalue weighted by atomic mass is 15.2. The second kappa shape index (κ2) is 6.50. The van der Waals surface area contributed by atoms with Crippen molar-refractivity contribution in [3.05, 3.63) is 23.4 Å². The fourth-order valence-electron chi connectivity index (χ4n) is 2.24. The van der Waals surface area contributed by atoms with Gasteiger partial charge in [0.1, 0.15) is 11.9 Å². The Morgan fingerprint density at radius 1 is 1.37 bits per heavy atom. The first-order chi connectivity index (χ1) is 9.20. The normalized spacial score (nSPS) is 17.1. The molecule has 0 spiro atoms. The first-order valence-electron chi connectivity index (χ1n) is 6.71. The van der Waals surface area contributed by atoms with E-state index in [-0.39, 0.29) is 0 Å². The number of anilines is 1. The van der Waals surface area contributed by atoms with Crippen LogP contribution in [0.2, 0.25) is 0 Å². The molecule has 5 nitrogen and oxygen atoms in total. The van der Waals surface area contributed by atoms with Crippen LogP contribution < -0.4 is 5.32 Å². The number of likely N-dealkylation sites (N-methyl/N-ethyl adjacent to an activating group) is 1. The lowest BCUT2D eigenvalue weighted by molar-refractivity contribution is 0.158. The summed E-state index contributed by atoms with van der Waals surface area (Å²) in [6.07, 6.45) is 1.74. The molecular weight excluding hydrogens is 238 g/mol. The number of aryl methyl sites for hydroxylation is 1. The van der Waals surface area contributed by atoms with Crippen molar-refractivity contribution in [3.63, 3.8) is 0 Å². The maximum atomic E-state index is 9.13. The van der Waals surface area contributed by atoms with Crippen LogP contribution in [0.4, 0.5) is 5.82 Å². The second-order valence-corrected chi connectivity index (χ2v) is 5.03. The largest absolute Gasteiger partial charge is 0.368 e. The predicted octanol–water partition coefficient (Wildman–Crippen LogP) is 0.921. The highest BCUT2D eigenvalue weighted by Gasteiger charge is 2.13. The molecule has 1 aromatic rings. The minimum atomic E-state index is 0.654. The molecule has 1 aliphatic rings. The molecule has 0 amide bonds. The Balaban J connectivity index is 1.83. The molecule has 5 heteroatoms. The van der Waals surface area contributed by atoms with Gasteiger partial charge < -0.3 is 10.2 Å². The van der Waals surface area contributed by atoms with Crippen LogP contribution in [0.5, 0.6) is 0 Å². The van der Waals surface area contributed by atoms with E-state index in [1.165, 1.54) is 0 Å². The summed E-state index contributed by atoms with van der Waals surface area (Å²) in [4.78, 5) is 9.03. The van der Waals surface area contributed by atoms with Gasteiger partial charge in [-0.1, -0.05) is 0 Å². The number of hydrogen-bond acceptors (Lipinski definition) is 5. The van der Waals surface area contributed by atoms with E-state index in [2.05, 4.69) is 33.2 Å². The zero-order chi connectivity index (χ0) is 13.7. The molecule has 0 radical (unpaired) electrons. The molecule has 1 N–H and O–H groups in total. The highest BCUT2D eigenvalue weighted by molar-refractivity contribution is 5.55. The number of nitriles is 1. The number of piperazine rings is 1. The van der Waals surface area contributed by atoms with E-state index in [1.807, 2.05) is 13.0 Å². The molecule has 102 valence electrons. The Kier molecular flexibility index (Phi) is 4.72. The Labute approximate surface area is 114 Å². The minimum absolute atomic E-state index is 0.654. The summed E-state index contributed by atoms with van der Waals surface area (Å²) < 4.78 is 0. The summed E-state index contributed by atoms with van der Waals surface area (Å²) in [5.41, 5.74) is 1.63. The number of nitrogens with zero attached hydrogens (tertiary/aromatic N) is 4. The number of hydrogen-bond donors (Lipinski definition) is 1. The standard InChI is InChI=1S/C14H21N5/c1-12-3-4-16-14(13(12)11-15)17-5-6-19-9-7-18(2)8-10-19/h3-4H,5-10H2,1-2H3,(H,16,17). The molecule has 1 aromatic heterocycles. The molecule has 1 fully saturated rings. The molecule has 1 aliphatic heterocycles. The van der Waals surface area contributed by atoms with Crippen molar-refractivity contribution in [1.82, 2.24) is 14.8 Å². The third kappa shape index (κ3) is 3.66. The van der Waals surface area contributed by atoms with E-state index in [9.17, 15) is 0 Å². The topological polar surface area (TPSA) is 55.2 Å². The Hall–Kier alpha value is -1.64. The quantitative estimate of drug-likeness (QED) is 0.871. The fraction of sp³-hybridized carbons (Fsp3) is 0.571. The van der Waals surface area contributed by atoms with E-state index in [1.54, 1.807) is 6.20 Å². The third-order valence-corrected chi connectivity index (χ3v) is 3.59. The number of rotatable bonds is 4. The van der Waals surface area contributed by atoms with Crippen LogP contribution in [0, 0.1) is 18.3 Å². The Morgan fingerprint density at radius 2 is 2.11 bits per heavy atom. The van der Waals surface area contributed by atoms with Crippen LogP contribution in [-0.4, -0.2) is 61.1 Å².